The molecule has 0 spiro atoms. The molecule has 9 nitrogen and oxygen atoms in total. The van der Waals surface area contributed by atoms with Gasteiger partial charge in [-0.05, 0) is 31.5 Å². The molecule has 1 amide bonds. The van der Waals surface area contributed by atoms with E-state index in [1.54, 1.807) is 0 Å². The van der Waals surface area contributed by atoms with Crippen LogP contribution < -0.4 is 5.32 Å². The first-order valence-electron chi connectivity index (χ1n) is 11.5. The molecule has 5 N–H and O–H groups in total. The number of thioether (sulfide) groups is 1. The maximum atomic E-state index is 13.0. The Morgan fingerprint density at radius 1 is 1.03 bits per heavy atom. The summed E-state index contributed by atoms with van der Waals surface area (Å²) in [6, 6.07) is 12.4. The van der Waals surface area contributed by atoms with Gasteiger partial charge >= 0.3 is 0 Å². The third-order valence-corrected chi connectivity index (χ3v) is 7.57. The quantitative estimate of drug-likeness (QED) is 0.371. The first-order chi connectivity index (χ1) is 17.2. The third kappa shape index (κ3) is 5.09. The lowest BCUT2D eigenvalue weighted by molar-refractivity contribution is -0.173. The van der Waals surface area contributed by atoms with Gasteiger partial charge in [-0.2, -0.15) is 0 Å². The number of aromatic hydroxyl groups is 1. The van der Waals surface area contributed by atoms with E-state index in [-0.39, 0.29) is 40.9 Å². The van der Waals surface area contributed by atoms with Gasteiger partial charge in [0.25, 0.3) is 0 Å². The zero-order valence-electron chi connectivity index (χ0n) is 19.5. The van der Waals surface area contributed by atoms with Gasteiger partial charge in [0.1, 0.15) is 29.5 Å². The van der Waals surface area contributed by atoms with E-state index in [1.807, 2.05) is 30.3 Å². The van der Waals surface area contributed by atoms with Crippen LogP contribution in [0.25, 0.3) is 0 Å². The summed E-state index contributed by atoms with van der Waals surface area (Å²) >= 11 is 1.23. The summed E-state index contributed by atoms with van der Waals surface area (Å²) in [7, 11) is 0. The molecule has 0 unspecified atom stereocenters. The van der Waals surface area contributed by atoms with Crippen molar-refractivity contribution in [2.75, 3.05) is 6.61 Å². The highest BCUT2D eigenvalue weighted by Crippen LogP contribution is 2.35. The first-order valence-corrected chi connectivity index (χ1v) is 12.4. The Hall–Kier alpha value is -3.02. The largest absolute Gasteiger partial charge is 0.507 e. The number of ether oxygens (including phenoxy) is 1. The molecule has 2 aromatic carbocycles. The van der Waals surface area contributed by atoms with E-state index in [9.17, 15) is 34.8 Å². The Kier molecular flexibility index (Phi) is 7.91. The fourth-order valence-electron chi connectivity index (χ4n) is 4.39. The number of phenolic OH excluding ortho intramolecular Hbond substituents is 1. The molecule has 2 aliphatic rings. The minimum absolute atomic E-state index is 0.0285. The van der Waals surface area contributed by atoms with Gasteiger partial charge in [0.05, 0.1) is 18.2 Å². The molecule has 36 heavy (non-hydrogen) atoms. The number of fused-ring (bicyclic) bond motifs is 1. The molecular formula is C26H27NO8S. The smallest absolute Gasteiger partial charge is 0.220 e. The van der Waals surface area contributed by atoms with Gasteiger partial charge < -0.3 is 30.5 Å². The third-order valence-electron chi connectivity index (χ3n) is 6.39. The Balaban J connectivity index is 1.48. The van der Waals surface area contributed by atoms with E-state index < -0.39 is 53.9 Å². The standard InChI is InChI=1S/C26H27NO8S/c1-13-15(23(32)16-8-5-9-17(29)20(16)22(13)31)10-11-19(30)27-21-25(34)24(33)18(12-28)35-26(21)36-14-6-3-2-4-7-14/h2-9,18,21,24-26,28-29,33-34H,10-12H2,1H3,(H,27,30)/t18-,21-,24-,25-,26-/m1/s1. The van der Waals surface area contributed by atoms with Crippen molar-refractivity contribution in [3.8, 4) is 5.75 Å². The molecule has 1 aliphatic heterocycles. The van der Waals surface area contributed by atoms with Crippen LogP contribution in [0.15, 0.2) is 64.6 Å². The fourth-order valence-corrected chi connectivity index (χ4v) is 5.55. The SMILES string of the molecule is CC1=C(CCC(=O)N[C@@H]2[C@@H](O)[C@H](O)[C@@H](CO)O[C@@H]2Sc2ccccc2)C(=O)c2cccc(O)c2C1=O. The van der Waals surface area contributed by atoms with Crippen LogP contribution in [0.5, 0.6) is 5.75 Å². The number of aliphatic hydroxyl groups excluding tert-OH is 3. The summed E-state index contributed by atoms with van der Waals surface area (Å²) in [4.78, 5) is 39.4. The van der Waals surface area contributed by atoms with Crippen molar-refractivity contribution < 1.29 is 39.5 Å². The number of carbonyl (C=O) groups excluding carboxylic acids is 3. The molecule has 5 atom stereocenters. The van der Waals surface area contributed by atoms with Gasteiger partial charge in [0.2, 0.25) is 5.91 Å². The van der Waals surface area contributed by atoms with Crippen LogP contribution >= 0.6 is 11.8 Å². The summed E-state index contributed by atoms with van der Waals surface area (Å²) < 4.78 is 5.79. The van der Waals surface area contributed by atoms with Crippen LogP contribution in [0.4, 0.5) is 0 Å². The van der Waals surface area contributed by atoms with Gasteiger partial charge in [-0.1, -0.05) is 42.1 Å². The van der Waals surface area contributed by atoms with Crippen LogP contribution in [0.1, 0.15) is 40.5 Å². The molecular weight excluding hydrogens is 486 g/mol. The average molecular weight is 514 g/mol. The van der Waals surface area contributed by atoms with Crippen molar-refractivity contribution in [3.63, 3.8) is 0 Å². The number of aliphatic hydroxyl groups is 3. The number of benzene rings is 2. The number of nitrogens with one attached hydrogen (secondary N) is 1. The maximum absolute atomic E-state index is 13.0. The lowest BCUT2D eigenvalue weighted by atomic mass is 9.82. The van der Waals surface area contributed by atoms with Crippen molar-refractivity contribution in [2.24, 2.45) is 0 Å². The summed E-state index contributed by atoms with van der Waals surface area (Å²) in [6.07, 6.45) is -4.04. The Morgan fingerprint density at radius 3 is 2.44 bits per heavy atom. The highest BCUT2D eigenvalue weighted by Gasteiger charge is 2.45. The van der Waals surface area contributed by atoms with Gasteiger partial charge in [-0.25, -0.2) is 0 Å². The fraction of sp³-hybridized carbons (Fsp3) is 0.346. The van der Waals surface area contributed by atoms with Crippen LogP contribution in [0.2, 0.25) is 0 Å². The van der Waals surface area contributed by atoms with Crippen molar-refractivity contribution >= 4 is 29.2 Å². The second-order valence-electron chi connectivity index (χ2n) is 8.69. The topological polar surface area (TPSA) is 153 Å². The second kappa shape index (κ2) is 10.9. The molecule has 1 saturated heterocycles. The molecule has 190 valence electrons. The molecule has 1 aliphatic carbocycles. The number of phenols is 1. The van der Waals surface area contributed by atoms with Gasteiger partial charge in [0.15, 0.2) is 11.6 Å². The predicted octanol–water partition coefficient (Wildman–Crippen LogP) is 1.58. The van der Waals surface area contributed by atoms with Crippen LogP contribution in [-0.2, 0) is 9.53 Å². The number of ketones is 2. The highest BCUT2D eigenvalue weighted by atomic mass is 32.2. The highest BCUT2D eigenvalue weighted by molar-refractivity contribution is 7.99. The summed E-state index contributed by atoms with van der Waals surface area (Å²) in [5.41, 5.74) is -0.398. The number of hydrogen-bond acceptors (Lipinski definition) is 9. The number of allylic oxidation sites excluding steroid dienone is 2. The van der Waals surface area contributed by atoms with E-state index in [1.165, 1.54) is 36.9 Å². The van der Waals surface area contributed by atoms with Gasteiger partial charge in [0, 0.05) is 28.0 Å². The zero-order valence-corrected chi connectivity index (χ0v) is 20.3. The van der Waals surface area contributed by atoms with Gasteiger partial charge in [-0.3, -0.25) is 14.4 Å². The number of amides is 1. The number of rotatable bonds is 7. The van der Waals surface area contributed by atoms with Crippen molar-refractivity contribution in [3.05, 3.63) is 70.8 Å². The lowest BCUT2D eigenvalue weighted by Gasteiger charge is -2.42. The van der Waals surface area contributed by atoms with Crippen LogP contribution in [-0.4, -0.2) is 74.3 Å². The number of carbonyl (C=O) groups is 3. The summed E-state index contributed by atoms with van der Waals surface area (Å²) in [5, 5.41) is 43.3. The minimum atomic E-state index is -1.42. The zero-order chi connectivity index (χ0) is 26.0. The Morgan fingerprint density at radius 2 is 1.75 bits per heavy atom. The normalized spacial score (nSPS) is 26.1. The molecule has 4 rings (SSSR count). The molecule has 0 saturated carbocycles. The van der Waals surface area contributed by atoms with E-state index in [0.29, 0.717) is 0 Å². The van der Waals surface area contributed by atoms with Crippen molar-refractivity contribution in [2.45, 2.75) is 54.5 Å². The first kappa shape index (κ1) is 26.1. The summed E-state index contributed by atoms with van der Waals surface area (Å²) in [6.45, 7) is 0.977. The molecule has 0 bridgehead atoms. The molecule has 2 aromatic rings. The second-order valence-corrected chi connectivity index (χ2v) is 9.86. The minimum Gasteiger partial charge on any atom is -0.507 e. The molecule has 0 aromatic heterocycles. The number of Topliss-reactive ketones (excluding diaryl/α,β-unsaturated/α-hetero) is 2. The molecule has 10 heteroatoms. The van der Waals surface area contributed by atoms with E-state index in [0.717, 1.165) is 4.90 Å². The maximum Gasteiger partial charge on any atom is 0.220 e. The van der Waals surface area contributed by atoms with Crippen LogP contribution in [0.3, 0.4) is 0 Å². The predicted molar refractivity (Wildman–Crippen MR) is 131 cm³/mol. The molecule has 0 radical (unpaired) electrons. The van der Waals surface area contributed by atoms with E-state index in [2.05, 4.69) is 5.32 Å². The van der Waals surface area contributed by atoms with E-state index in [4.69, 9.17) is 4.74 Å². The Bertz CT molecular complexity index is 1200. The lowest BCUT2D eigenvalue weighted by Crippen LogP contribution is -2.63. The average Bonchev–Trinajstić information content (AvgIpc) is 2.87. The Labute approximate surface area is 211 Å². The van der Waals surface area contributed by atoms with Crippen molar-refractivity contribution in [1.82, 2.24) is 5.32 Å². The van der Waals surface area contributed by atoms with Gasteiger partial charge in [-0.15, -0.1) is 0 Å². The monoisotopic (exact) mass is 513 g/mol. The van der Waals surface area contributed by atoms with Crippen LogP contribution in [0, 0.1) is 0 Å². The summed E-state index contributed by atoms with van der Waals surface area (Å²) in [5.74, 6) is -1.68. The van der Waals surface area contributed by atoms with Crippen molar-refractivity contribution in [1.29, 1.82) is 0 Å². The van der Waals surface area contributed by atoms with E-state index >= 15 is 0 Å². The number of hydrogen-bond donors (Lipinski definition) is 5. The molecule has 1 fully saturated rings. The molecule has 1 heterocycles.